The van der Waals surface area contributed by atoms with Gasteiger partial charge in [-0.1, -0.05) is 32.9 Å². The fourth-order valence-corrected chi connectivity index (χ4v) is 1.71. The molecule has 0 heterocycles. The average molecular weight is 405 g/mol. The van der Waals surface area contributed by atoms with E-state index >= 15 is 0 Å². The highest BCUT2D eigenvalue weighted by molar-refractivity contribution is 14.0. The summed E-state index contributed by atoms with van der Waals surface area (Å²) in [7, 11) is 0. The minimum atomic E-state index is 0. The van der Waals surface area contributed by atoms with Crippen molar-refractivity contribution in [2.24, 2.45) is 16.6 Å². The first-order valence-electron chi connectivity index (χ1n) is 7.28. The summed E-state index contributed by atoms with van der Waals surface area (Å²) in [6.45, 7) is 9.80. The molecule has 5 heteroatoms. The zero-order valence-corrected chi connectivity index (χ0v) is 15.8. The molecular weight excluding hydrogens is 377 g/mol. The Morgan fingerprint density at radius 2 is 2.10 bits per heavy atom. The molecule has 0 radical (unpaired) electrons. The minimum Gasteiger partial charge on any atom is -0.489 e. The van der Waals surface area contributed by atoms with Crippen molar-refractivity contribution in [1.82, 2.24) is 5.32 Å². The molecule has 1 aromatic rings. The molecule has 1 aromatic carbocycles. The van der Waals surface area contributed by atoms with E-state index in [4.69, 9.17) is 10.5 Å². The standard InChI is InChI=1S/C16H27N3O.HI/c1-5-14(11-19-16(17)18-10-12(2)3)20-15-8-6-7-13(4)9-15;/h6-9,12,14H,5,10-11H2,1-4H3,(H3,17,18,19);1H. The molecule has 120 valence electrons. The number of nitrogens with one attached hydrogen (secondary N) is 1. The van der Waals surface area contributed by atoms with Crippen molar-refractivity contribution in [3.8, 4) is 5.75 Å². The zero-order valence-electron chi connectivity index (χ0n) is 13.4. The Morgan fingerprint density at radius 1 is 1.38 bits per heavy atom. The number of aryl methyl sites for hydroxylation is 1. The number of ether oxygens (including phenoxy) is 1. The van der Waals surface area contributed by atoms with Crippen LogP contribution in [0, 0.1) is 12.8 Å². The first kappa shape index (κ1) is 20.0. The van der Waals surface area contributed by atoms with E-state index in [1.807, 2.05) is 18.2 Å². The number of rotatable bonds is 7. The molecule has 0 amide bonds. The summed E-state index contributed by atoms with van der Waals surface area (Å²) in [5.74, 6) is 1.90. The Bertz CT molecular complexity index is 435. The lowest BCUT2D eigenvalue weighted by Gasteiger charge is -2.19. The van der Waals surface area contributed by atoms with E-state index in [1.165, 1.54) is 5.56 Å². The summed E-state index contributed by atoms with van der Waals surface area (Å²) in [4.78, 5) is 4.28. The van der Waals surface area contributed by atoms with Crippen LogP contribution in [0.25, 0.3) is 0 Å². The Labute approximate surface area is 145 Å². The van der Waals surface area contributed by atoms with Gasteiger partial charge in [0.25, 0.3) is 0 Å². The van der Waals surface area contributed by atoms with Gasteiger partial charge in [0, 0.05) is 6.54 Å². The van der Waals surface area contributed by atoms with Crippen molar-refractivity contribution in [2.75, 3.05) is 13.1 Å². The van der Waals surface area contributed by atoms with Crippen molar-refractivity contribution in [3.05, 3.63) is 29.8 Å². The van der Waals surface area contributed by atoms with E-state index < -0.39 is 0 Å². The number of halogens is 1. The third-order valence-electron chi connectivity index (χ3n) is 2.89. The smallest absolute Gasteiger partial charge is 0.188 e. The highest BCUT2D eigenvalue weighted by atomic mass is 127. The Hall–Kier alpha value is -0.980. The van der Waals surface area contributed by atoms with Gasteiger partial charge in [0.2, 0.25) is 0 Å². The number of benzene rings is 1. The second-order valence-corrected chi connectivity index (χ2v) is 5.47. The summed E-state index contributed by atoms with van der Waals surface area (Å²) in [5, 5.41) is 3.13. The minimum absolute atomic E-state index is 0. The van der Waals surface area contributed by atoms with Crippen LogP contribution in [0.15, 0.2) is 29.3 Å². The van der Waals surface area contributed by atoms with Gasteiger partial charge in [-0.05, 0) is 37.0 Å². The summed E-state index contributed by atoms with van der Waals surface area (Å²) < 4.78 is 5.95. The number of hydrogen-bond acceptors (Lipinski definition) is 2. The van der Waals surface area contributed by atoms with Gasteiger partial charge in [0.1, 0.15) is 11.9 Å². The lowest BCUT2D eigenvalue weighted by Crippen LogP contribution is -2.39. The second-order valence-electron chi connectivity index (χ2n) is 5.47. The van der Waals surface area contributed by atoms with Gasteiger partial charge in [-0.2, -0.15) is 0 Å². The lowest BCUT2D eigenvalue weighted by molar-refractivity contribution is 0.199. The van der Waals surface area contributed by atoms with Crippen molar-refractivity contribution in [1.29, 1.82) is 0 Å². The SMILES string of the molecule is CCC(CNC(N)=NCC(C)C)Oc1cccc(C)c1.I. The fraction of sp³-hybridized carbons (Fsp3) is 0.562. The van der Waals surface area contributed by atoms with Gasteiger partial charge in [0.05, 0.1) is 6.54 Å². The van der Waals surface area contributed by atoms with Crippen molar-refractivity contribution < 1.29 is 4.74 Å². The molecule has 0 fully saturated rings. The normalized spacial score (nSPS) is 12.7. The molecule has 0 aliphatic rings. The van der Waals surface area contributed by atoms with Crippen LogP contribution in [0.4, 0.5) is 0 Å². The number of guanidine groups is 1. The van der Waals surface area contributed by atoms with Gasteiger partial charge in [-0.25, -0.2) is 0 Å². The molecule has 0 saturated carbocycles. The van der Waals surface area contributed by atoms with Crippen LogP contribution in [-0.4, -0.2) is 25.2 Å². The average Bonchev–Trinajstić information content (AvgIpc) is 2.41. The maximum atomic E-state index is 5.95. The second kappa shape index (κ2) is 10.7. The molecule has 4 nitrogen and oxygen atoms in total. The summed E-state index contributed by atoms with van der Waals surface area (Å²) >= 11 is 0. The van der Waals surface area contributed by atoms with Crippen LogP contribution < -0.4 is 15.8 Å². The van der Waals surface area contributed by atoms with Gasteiger partial charge in [0.15, 0.2) is 5.96 Å². The first-order chi connectivity index (χ1) is 9.51. The monoisotopic (exact) mass is 405 g/mol. The molecule has 1 atom stereocenters. The van der Waals surface area contributed by atoms with Gasteiger partial charge < -0.3 is 15.8 Å². The lowest BCUT2D eigenvalue weighted by atomic mass is 10.2. The molecule has 0 aliphatic carbocycles. The predicted molar refractivity (Wildman–Crippen MR) is 101 cm³/mol. The first-order valence-corrected chi connectivity index (χ1v) is 7.28. The summed E-state index contributed by atoms with van der Waals surface area (Å²) in [6.07, 6.45) is 1.00. The molecule has 0 aliphatic heterocycles. The summed E-state index contributed by atoms with van der Waals surface area (Å²) in [6, 6.07) is 8.08. The number of nitrogens with two attached hydrogens (primary N) is 1. The number of nitrogens with zero attached hydrogens (tertiary/aromatic N) is 1. The Kier molecular flexibility index (Phi) is 10.2. The maximum absolute atomic E-state index is 5.95. The van der Waals surface area contributed by atoms with E-state index in [1.54, 1.807) is 0 Å². The topological polar surface area (TPSA) is 59.6 Å². The third-order valence-corrected chi connectivity index (χ3v) is 2.89. The molecule has 1 rings (SSSR count). The van der Waals surface area contributed by atoms with Crippen LogP contribution in [0.5, 0.6) is 5.75 Å². The van der Waals surface area contributed by atoms with Crippen molar-refractivity contribution in [3.63, 3.8) is 0 Å². The number of hydrogen-bond donors (Lipinski definition) is 2. The zero-order chi connectivity index (χ0) is 15.0. The molecule has 1 unspecified atom stereocenters. The van der Waals surface area contributed by atoms with Gasteiger partial charge in [-0.3, -0.25) is 4.99 Å². The maximum Gasteiger partial charge on any atom is 0.188 e. The Morgan fingerprint density at radius 3 is 2.67 bits per heavy atom. The van der Waals surface area contributed by atoms with Crippen LogP contribution >= 0.6 is 24.0 Å². The van der Waals surface area contributed by atoms with E-state index in [0.29, 0.717) is 18.4 Å². The van der Waals surface area contributed by atoms with Crippen LogP contribution in [-0.2, 0) is 0 Å². The van der Waals surface area contributed by atoms with E-state index in [-0.39, 0.29) is 30.1 Å². The predicted octanol–water partition coefficient (Wildman–Crippen LogP) is 3.33. The molecule has 0 bridgehead atoms. The highest BCUT2D eigenvalue weighted by Gasteiger charge is 2.08. The van der Waals surface area contributed by atoms with E-state index in [0.717, 1.165) is 18.7 Å². The fourth-order valence-electron chi connectivity index (χ4n) is 1.71. The van der Waals surface area contributed by atoms with Crippen molar-refractivity contribution in [2.45, 2.75) is 40.2 Å². The molecule has 0 saturated heterocycles. The quantitative estimate of drug-likeness (QED) is 0.416. The summed E-state index contributed by atoms with van der Waals surface area (Å²) in [5.41, 5.74) is 7.02. The van der Waals surface area contributed by atoms with Gasteiger partial charge in [-0.15, -0.1) is 24.0 Å². The largest absolute Gasteiger partial charge is 0.489 e. The molecule has 0 aromatic heterocycles. The molecular formula is C16H28IN3O. The van der Waals surface area contributed by atoms with Crippen LogP contribution in [0.1, 0.15) is 32.8 Å². The third kappa shape index (κ3) is 8.80. The van der Waals surface area contributed by atoms with E-state index in [9.17, 15) is 0 Å². The molecule has 3 N–H and O–H groups in total. The van der Waals surface area contributed by atoms with Crippen LogP contribution in [0.3, 0.4) is 0 Å². The molecule has 0 spiro atoms. The van der Waals surface area contributed by atoms with Crippen molar-refractivity contribution >= 4 is 29.9 Å². The van der Waals surface area contributed by atoms with Crippen LogP contribution in [0.2, 0.25) is 0 Å². The van der Waals surface area contributed by atoms with E-state index in [2.05, 4.69) is 44.1 Å². The number of aliphatic imine (C=N–C) groups is 1. The molecule has 21 heavy (non-hydrogen) atoms. The Balaban J connectivity index is 0.00000400. The van der Waals surface area contributed by atoms with Gasteiger partial charge >= 0.3 is 0 Å². The highest BCUT2D eigenvalue weighted by Crippen LogP contribution is 2.15.